The number of nitrogen functional groups attached to an aromatic ring is 1. The van der Waals surface area contributed by atoms with E-state index in [1.807, 2.05) is 0 Å². The van der Waals surface area contributed by atoms with Crippen LogP contribution in [-0.4, -0.2) is 11.5 Å². The molecule has 17 heavy (non-hydrogen) atoms. The fourth-order valence-electron chi connectivity index (χ4n) is 1.27. The molecule has 0 aliphatic carbocycles. The van der Waals surface area contributed by atoms with Gasteiger partial charge in [0.25, 0.3) is 5.69 Å². The standard InChI is InChI=1S/C12H14N2O3/c1-2-3-4-5-8-17-12-9-10(14(15)16)6-7-11(12)13/h1,6-7,9H,3-5,8,13H2. The van der Waals surface area contributed by atoms with E-state index in [4.69, 9.17) is 16.9 Å². The number of hydrogen-bond donors (Lipinski definition) is 1. The van der Waals surface area contributed by atoms with E-state index in [-0.39, 0.29) is 5.69 Å². The minimum atomic E-state index is -0.482. The van der Waals surface area contributed by atoms with Gasteiger partial charge in [0.05, 0.1) is 23.3 Å². The lowest BCUT2D eigenvalue weighted by Gasteiger charge is -2.07. The Morgan fingerprint density at radius 3 is 2.88 bits per heavy atom. The van der Waals surface area contributed by atoms with E-state index < -0.39 is 4.92 Å². The molecule has 0 aliphatic heterocycles. The van der Waals surface area contributed by atoms with Gasteiger partial charge in [-0.1, -0.05) is 0 Å². The van der Waals surface area contributed by atoms with Crippen molar-refractivity contribution in [3.05, 3.63) is 28.3 Å². The summed E-state index contributed by atoms with van der Waals surface area (Å²) in [5.41, 5.74) is 6.02. The van der Waals surface area contributed by atoms with Crippen molar-refractivity contribution in [2.24, 2.45) is 0 Å². The molecule has 0 radical (unpaired) electrons. The first-order chi connectivity index (χ1) is 8.15. The molecule has 0 spiro atoms. The van der Waals surface area contributed by atoms with E-state index >= 15 is 0 Å². The molecular formula is C12H14N2O3. The lowest BCUT2D eigenvalue weighted by Crippen LogP contribution is -2.01. The smallest absolute Gasteiger partial charge is 0.273 e. The van der Waals surface area contributed by atoms with Gasteiger partial charge in [0, 0.05) is 12.5 Å². The third-order valence-electron chi connectivity index (χ3n) is 2.18. The van der Waals surface area contributed by atoms with Crippen molar-refractivity contribution in [1.29, 1.82) is 0 Å². The zero-order chi connectivity index (χ0) is 12.7. The Labute approximate surface area is 99.7 Å². The van der Waals surface area contributed by atoms with Crippen LogP contribution in [0.5, 0.6) is 5.75 Å². The number of nitrogens with two attached hydrogens (primary N) is 1. The van der Waals surface area contributed by atoms with Crippen LogP contribution in [0.2, 0.25) is 0 Å². The largest absolute Gasteiger partial charge is 0.491 e. The van der Waals surface area contributed by atoms with Crippen LogP contribution in [0.4, 0.5) is 11.4 Å². The highest BCUT2D eigenvalue weighted by Crippen LogP contribution is 2.26. The third-order valence-corrected chi connectivity index (χ3v) is 2.18. The fraction of sp³-hybridized carbons (Fsp3) is 0.333. The van der Waals surface area contributed by atoms with Crippen LogP contribution in [0.3, 0.4) is 0 Å². The van der Waals surface area contributed by atoms with Crippen LogP contribution in [0.1, 0.15) is 19.3 Å². The van der Waals surface area contributed by atoms with Crippen molar-refractivity contribution < 1.29 is 9.66 Å². The second-order valence-electron chi connectivity index (χ2n) is 3.49. The van der Waals surface area contributed by atoms with E-state index in [1.54, 1.807) is 0 Å². The molecule has 0 aromatic heterocycles. The number of nitro benzene ring substituents is 1. The molecule has 5 heteroatoms. The molecular weight excluding hydrogens is 220 g/mol. The molecule has 1 rings (SSSR count). The van der Waals surface area contributed by atoms with Crippen LogP contribution < -0.4 is 10.5 Å². The molecule has 5 nitrogen and oxygen atoms in total. The zero-order valence-electron chi connectivity index (χ0n) is 9.39. The first-order valence-corrected chi connectivity index (χ1v) is 5.25. The molecule has 0 atom stereocenters. The maximum absolute atomic E-state index is 10.6. The van der Waals surface area contributed by atoms with Gasteiger partial charge in [-0.05, 0) is 18.9 Å². The van der Waals surface area contributed by atoms with Crippen molar-refractivity contribution in [3.63, 3.8) is 0 Å². The van der Waals surface area contributed by atoms with Crippen molar-refractivity contribution in [2.75, 3.05) is 12.3 Å². The molecule has 2 N–H and O–H groups in total. The van der Waals surface area contributed by atoms with Crippen LogP contribution in [0.15, 0.2) is 18.2 Å². The second kappa shape index (κ2) is 6.38. The Morgan fingerprint density at radius 1 is 1.47 bits per heavy atom. The topological polar surface area (TPSA) is 78.4 Å². The number of unbranched alkanes of at least 4 members (excludes halogenated alkanes) is 2. The number of anilines is 1. The number of benzene rings is 1. The number of nitrogens with zero attached hydrogens (tertiary/aromatic N) is 1. The highest BCUT2D eigenvalue weighted by Gasteiger charge is 2.09. The maximum atomic E-state index is 10.6. The highest BCUT2D eigenvalue weighted by atomic mass is 16.6. The van der Waals surface area contributed by atoms with Crippen LogP contribution in [0, 0.1) is 22.5 Å². The Morgan fingerprint density at radius 2 is 2.24 bits per heavy atom. The van der Waals surface area contributed by atoms with Gasteiger partial charge in [-0.15, -0.1) is 12.3 Å². The first-order valence-electron chi connectivity index (χ1n) is 5.25. The maximum Gasteiger partial charge on any atom is 0.273 e. The number of ether oxygens (including phenoxy) is 1. The molecule has 0 saturated carbocycles. The van der Waals surface area contributed by atoms with Gasteiger partial charge in [0.1, 0.15) is 5.75 Å². The molecule has 0 amide bonds. The molecule has 0 heterocycles. The quantitative estimate of drug-likeness (QED) is 0.269. The fourth-order valence-corrected chi connectivity index (χ4v) is 1.27. The SMILES string of the molecule is C#CCCCCOc1cc([N+](=O)[O-])ccc1N. The summed E-state index contributed by atoms with van der Waals surface area (Å²) in [6.45, 7) is 0.451. The van der Waals surface area contributed by atoms with E-state index in [0.29, 0.717) is 24.5 Å². The van der Waals surface area contributed by atoms with Crippen LogP contribution >= 0.6 is 0 Å². The summed E-state index contributed by atoms with van der Waals surface area (Å²) in [4.78, 5) is 10.1. The first kappa shape index (κ1) is 12.8. The van der Waals surface area contributed by atoms with Gasteiger partial charge < -0.3 is 10.5 Å². The van der Waals surface area contributed by atoms with Gasteiger partial charge >= 0.3 is 0 Å². The molecule has 0 bridgehead atoms. The summed E-state index contributed by atoms with van der Waals surface area (Å²) in [6.07, 6.45) is 7.48. The van der Waals surface area contributed by atoms with Gasteiger partial charge in [0.15, 0.2) is 0 Å². The van der Waals surface area contributed by atoms with Gasteiger partial charge in [-0.3, -0.25) is 10.1 Å². The predicted molar refractivity (Wildman–Crippen MR) is 65.7 cm³/mol. The Kier molecular flexibility index (Phi) is 4.82. The number of terminal acetylenes is 1. The Hall–Kier alpha value is -2.22. The van der Waals surface area contributed by atoms with E-state index in [2.05, 4.69) is 5.92 Å². The predicted octanol–water partition coefficient (Wildman–Crippen LogP) is 2.36. The zero-order valence-corrected chi connectivity index (χ0v) is 9.39. The molecule has 0 aliphatic rings. The lowest BCUT2D eigenvalue weighted by atomic mass is 10.2. The van der Waals surface area contributed by atoms with Crippen molar-refractivity contribution in [2.45, 2.75) is 19.3 Å². The molecule has 1 aromatic carbocycles. The van der Waals surface area contributed by atoms with E-state index in [1.165, 1.54) is 18.2 Å². The van der Waals surface area contributed by atoms with Crippen molar-refractivity contribution in [1.82, 2.24) is 0 Å². The number of nitro groups is 1. The minimum absolute atomic E-state index is 0.0298. The van der Waals surface area contributed by atoms with Crippen molar-refractivity contribution >= 4 is 11.4 Å². The Bertz CT molecular complexity index is 438. The number of hydrogen-bond acceptors (Lipinski definition) is 4. The normalized spacial score (nSPS) is 9.59. The minimum Gasteiger partial charge on any atom is -0.491 e. The second-order valence-corrected chi connectivity index (χ2v) is 3.49. The van der Waals surface area contributed by atoms with Gasteiger partial charge in [0.2, 0.25) is 0 Å². The van der Waals surface area contributed by atoms with Crippen LogP contribution in [0.25, 0.3) is 0 Å². The number of non-ortho nitro benzene ring substituents is 1. The number of rotatable bonds is 6. The molecule has 0 unspecified atom stereocenters. The van der Waals surface area contributed by atoms with Crippen molar-refractivity contribution in [3.8, 4) is 18.1 Å². The molecule has 1 aromatic rings. The lowest BCUT2D eigenvalue weighted by molar-refractivity contribution is -0.384. The summed E-state index contributed by atoms with van der Waals surface area (Å²) in [5, 5.41) is 10.6. The van der Waals surface area contributed by atoms with Gasteiger partial charge in [-0.25, -0.2) is 0 Å². The average molecular weight is 234 g/mol. The molecule has 90 valence electrons. The van der Waals surface area contributed by atoms with E-state index in [9.17, 15) is 10.1 Å². The summed E-state index contributed by atoms with van der Waals surface area (Å²) in [6, 6.07) is 4.14. The highest BCUT2D eigenvalue weighted by molar-refractivity contribution is 5.57. The monoisotopic (exact) mass is 234 g/mol. The summed E-state index contributed by atoms with van der Waals surface area (Å²) >= 11 is 0. The summed E-state index contributed by atoms with van der Waals surface area (Å²) in [5.74, 6) is 2.88. The van der Waals surface area contributed by atoms with Crippen LogP contribution in [-0.2, 0) is 0 Å². The molecule has 0 saturated heterocycles. The van der Waals surface area contributed by atoms with Gasteiger partial charge in [-0.2, -0.15) is 0 Å². The average Bonchev–Trinajstić information content (AvgIpc) is 2.30. The molecule has 0 fully saturated rings. The third kappa shape index (κ3) is 4.03. The van der Waals surface area contributed by atoms with E-state index in [0.717, 1.165) is 12.8 Å². The summed E-state index contributed by atoms with van der Waals surface area (Å²) in [7, 11) is 0. The Balaban J connectivity index is 2.55. The summed E-state index contributed by atoms with van der Waals surface area (Å²) < 4.78 is 5.38.